The van der Waals surface area contributed by atoms with Crippen molar-refractivity contribution < 1.29 is 18.7 Å². The van der Waals surface area contributed by atoms with Crippen LogP contribution in [0.1, 0.15) is 75.4 Å². The molecule has 1 fully saturated rings. The summed E-state index contributed by atoms with van der Waals surface area (Å²) in [5.74, 6) is 0.0194. The number of carbonyl (C=O) groups is 2. The highest BCUT2D eigenvalue weighted by Crippen LogP contribution is 2.34. The Hall–Kier alpha value is -2.89. The molecule has 0 heterocycles. The second-order valence-corrected chi connectivity index (χ2v) is 9.01. The summed E-state index contributed by atoms with van der Waals surface area (Å²) in [6, 6.07) is 12.2. The topological polar surface area (TPSA) is 67.4 Å². The van der Waals surface area contributed by atoms with Crippen molar-refractivity contribution in [2.45, 2.75) is 65.5 Å². The smallest absolute Gasteiger partial charge is 0.251 e. The lowest BCUT2D eigenvalue weighted by Gasteiger charge is -2.31. The first kappa shape index (κ1) is 23.8. The molecule has 1 unspecified atom stereocenters. The van der Waals surface area contributed by atoms with Crippen LogP contribution in [-0.4, -0.2) is 17.9 Å². The maximum Gasteiger partial charge on any atom is 0.251 e. The SMILES string of the molecule is CC(=O)Nc1c(F)cc(C(=O)NC2CCC(C(C)C)CC2)cc1OC(C)c1ccccc1. The maximum absolute atomic E-state index is 14.9. The fourth-order valence-electron chi connectivity index (χ4n) is 4.28. The van der Waals surface area contributed by atoms with Gasteiger partial charge in [0.2, 0.25) is 5.91 Å². The van der Waals surface area contributed by atoms with Gasteiger partial charge in [0.05, 0.1) is 0 Å². The van der Waals surface area contributed by atoms with Gasteiger partial charge in [0, 0.05) is 18.5 Å². The van der Waals surface area contributed by atoms with E-state index in [0.717, 1.165) is 37.3 Å². The normalized spacial score (nSPS) is 19.3. The minimum Gasteiger partial charge on any atom is -0.484 e. The first-order chi connectivity index (χ1) is 15.2. The summed E-state index contributed by atoms with van der Waals surface area (Å²) in [4.78, 5) is 24.5. The van der Waals surface area contributed by atoms with E-state index in [1.54, 1.807) is 0 Å². The number of halogens is 1. The molecular weight excluding hydrogens is 407 g/mol. The average Bonchev–Trinajstić information content (AvgIpc) is 2.76. The molecule has 172 valence electrons. The molecule has 0 spiro atoms. The quantitative estimate of drug-likeness (QED) is 0.566. The molecule has 1 atom stereocenters. The molecule has 0 radical (unpaired) electrons. The van der Waals surface area contributed by atoms with Gasteiger partial charge in [0.15, 0.2) is 5.82 Å². The third-order valence-electron chi connectivity index (χ3n) is 6.24. The van der Waals surface area contributed by atoms with Gasteiger partial charge in [-0.05, 0) is 62.1 Å². The molecule has 5 nitrogen and oxygen atoms in total. The molecule has 0 aliphatic heterocycles. The van der Waals surface area contributed by atoms with Crippen LogP contribution in [0.4, 0.5) is 10.1 Å². The average molecular weight is 441 g/mol. The van der Waals surface area contributed by atoms with Crippen molar-refractivity contribution in [3.63, 3.8) is 0 Å². The fraction of sp³-hybridized carbons (Fsp3) is 0.462. The van der Waals surface area contributed by atoms with Crippen LogP contribution in [0.5, 0.6) is 5.75 Å². The Labute approximate surface area is 189 Å². The summed E-state index contributed by atoms with van der Waals surface area (Å²) in [6.45, 7) is 7.62. The Morgan fingerprint density at radius 1 is 1.03 bits per heavy atom. The first-order valence-electron chi connectivity index (χ1n) is 11.4. The van der Waals surface area contributed by atoms with E-state index < -0.39 is 17.8 Å². The van der Waals surface area contributed by atoms with Gasteiger partial charge in [-0.2, -0.15) is 0 Å². The van der Waals surface area contributed by atoms with Gasteiger partial charge in [0.25, 0.3) is 5.91 Å². The number of hydrogen-bond acceptors (Lipinski definition) is 3. The predicted molar refractivity (Wildman–Crippen MR) is 124 cm³/mol. The Kier molecular flexibility index (Phi) is 7.89. The summed E-state index contributed by atoms with van der Waals surface area (Å²) < 4.78 is 20.9. The molecule has 3 rings (SSSR count). The summed E-state index contributed by atoms with van der Waals surface area (Å²) >= 11 is 0. The fourth-order valence-corrected chi connectivity index (χ4v) is 4.28. The molecule has 32 heavy (non-hydrogen) atoms. The lowest BCUT2D eigenvalue weighted by Crippen LogP contribution is -2.38. The monoisotopic (exact) mass is 440 g/mol. The van der Waals surface area contributed by atoms with Crippen LogP contribution < -0.4 is 15.4 Å². The van der Waals surface area contributed by atoms with Gasteiger partial charge < -0.3 is 15.4 Å². The second-order valence-electron chi connectivity index (χ2n) is 9.01. The van der Waals surface area contributed by atoms with Crippen molar-refractivity contribution in [3.8, 4) is 5.75 Å². The summed E-state index contributed by atoms with van der Waals surface area (Å²) in [5, 5.41) is 5.54. The molecule has 2 N–H and O–H groups in total. The van der Waals surface area contributed by atoms with Crippen LogP contribution in [0, 0.1) is 17.7 Å². The Morgan fingerprint density at radius 2 is 1.69 bits per heavy atom. The number of anilines is 1. The predicted octanol–water partition coefficient (Wildman–Crippen LogP) is 5.87. The minimum atomic E-state index is -0.702. The van der Waals surface area contributed by atoms with Crippen molar-refractivity contribution in [3.05, 3.63) is 59.4 Å². The van der Waals surface area contributed by atoms with Crippen molar-refractivity contribution in [1.82, 2.24) is 5.32 Å². The number of rotatable bonds is 7. The van der Waals surface area contributed by atoms with Gasteiger partial charge in [0.1, 0.15) is 17.5 Å². The van der Waals surface area contributed by atoms with E-state index in [2.05, 4.69) is 24.5 Å². The van der Waals surface area contributed by atoms with Crippen LogP contribution in [0.15, 0.2) is 42.5 Å². The first-order valence-corrected chi connectivity index (χ1v) is 11.4. The standard InChI is InChI=1S/C26H33FN2O3/c1-16(2)19-10-12-22(13-11-19)29-26(31)21-14-23(27)25(28-18(4)30)24(15-21)32-17(3)20-8-6-5-7-9-20/h5-9,14-17,19,22H,10-13H2,1-4H3,(H,28,30)(H,29,31). The number of nitrogens with one attached hydrogen (secondary N) is 2. The highest BCUT2D eigenvalue weighted by Gasteiger charge is 2.26. The third kappa shape index (κ3) is 6.09. The number of hydrogen-bond donors (Lipinski definition) is 2. The van der Waals surface area contributed by atoms with Gasteiger partial charge in [-0.15, -0.1) is 0 Å². The highest BCUT2D eigenvalue weighted by molar-refractivity contribution is 5.97. The Morgan fingerprint density at radius 3 is 2.28 bits per heavy atom. The summed E-state index contributed by atoms with van der Waals surface area (Å²) in [6.07, 6.45) is 3.63. The zero-order valence-electron chi connectivity index (χ0n) is 19.3. The van der Waals surface area contributed by atoms with E-state index in [1.165, 1.54) is 13.0 Å². The Balaban J connectivity index is 1.79. The van der Waals surface area contributed by atoms with E-state index in [0.29, 0.717) is 11.8 Å². The lowest BCUT2D eigenvalue weighted by molar-refractivity contribution is -0.114. The van der Waals surface area contributed by atoms with Crippen LogP contribution in [0.25, 0.3) is 0 Å². The molecule has 1 aliphatic rings. The third-order valence-corrected chi connectivity index (χ3v) is 6.24. The molecule has 2 aromatic carbocycles. The van der Waals surface area contributed by atoms with E-state index in [-0.39, 0.29) is 28.9 Å². The zero-order valence-corrected chi connectivity index (χ0v) is 19.3. The van der Waals surface area contributed by atoms with E-state index in [1.807, 2.05) is 37.3 Å². The summed E-state index contributed by atoms with van der Waals surface area (Å²) in [7, 11) is 0. The molecule has 2 aromatic rings. The van der Waals surface area contributed by atoms with Crippen molar-refractivity contribution in [2.75, 3.05) is 5.32 Å². The molecule has 1 saturated carbocycles. The molecule has 2 amide bonds. The maximum atomic E-state index is 14.9. The van der Waals surface area contributed by atoms with Gasteiger partial charge in [-0.1, -0.05) is 44.2 Å². The lowest BCUT2D eigenvalue weighted by atomic mass is 9.79. The van der Waals surface area contributed by atoms with Gasteiger partial charge >= 0.3 is 0 Å². The van der Waals surface area contributed by atoms with Crippen molar-refractivity contribution in [2.24, 2.45) is 11.8 Å². The Bertz CT molecular complexity index is 938. The van der Waals surface area contributed by atoms with Crippen molar-refractivity contribution >= 4 is 17.5 Å². The molecule has 0 saturated heterocycles. The second kappa shape index (κ2) is 10.6. The number of benzene rings is 2. The molecule has 1 aliphatic carbocycles. The highest BCUT2D eigenvalue weighted by atomic mass is 19.1. The number of amides is 2. The molecular formula is C26H33FN2O3. The number of carbonyl (C=O) groups excluding carboxylic acids is 2. The molecule has 0 bridgehead atoms. The minimum absolute atomic E-state index is 0.0609. The van der Waals surface area contributed by atoms with Gasteiger partial charge in [-0.25, -0.2) is 4.39 Å². The summed E-state index contributed by atoms with van der Waals surface area (Å²) in [5.41, 5.74) is 1.02. The van der Waals surface area contributed by atoms with E-state index in [9.17, 15) is 14.0 Å². The molecule has 6 heteroatoms. The van der Waals surface area contributed by atoms with E-state index >= 15 is 0 Å². The van der Waals surface area contributed by atoms with Crippen LogP contribution in [0.2, 0.25) is 0 Å². The van der Waals surface area contributed by atoms with Crippen LogP contribution in [0.3, 0.4) is 0 Å². The zero-order chi connectivity index (χ0) is 23.3. The van der Waals surface area contributed by atoms with Crippen LogP contribution >= 0.6 is 0 Å². The van der Waals surface area contributed by atoms with Gasteiger partial charge in [-0.3, -0.25) is 9.59 Å². The van der Waals surface area contributed by atoms with E-state index in [4.69, 9.17) is 4.74 Å². The van der Waals surface area contributed by atoms with Crippen LogP contribution in [-0.2, 0) is 4.79 Å². The number of ether oxygens (including phenoxy) is 1. The largest absolute Gasteiger partial charge is 0.484 e. The molecule has 0 aromatic heterocycles. The van der Waals surface area contributed by atoms with Crippen molar-refractivity contribution in [1.29, 1.82) is 0 Å².